The van der Waals surface area contributed by atoms with Crippen LogP contribution in [0.5, 0.6) is 0 Å². The molecule has 1 heterocycles. The molecule has 0 aliphatic carbocycles. The molecule has 128 valence electrons. The van der Waals surface area contributed by atoms with Crippen molar-refractivity contribution in [1.82, 2.24) is 0 Å². The van der Waals surface area contributed by atoms with Crippen molar-refractivity contribution in [3.05, 3.63) is 88.7 Å². The fraction of sp³-hybridized carbons (Fsp3) is 0.0909. The number of rotatable bonds is 4. The highest BCUT2D eigenvalue weighted by molar-refractivity contribution is 6.29. The van der Waals surface area contributed by atoms with Crippen LogP contribution in [0.1, 0.15) is 28.0 Å². The lowest BCUT2D eigenvalue weighted by atomic mass is 10.0. The van der Waals surface area contributed by atoms with E-state index in [2.05, 4.69) is 11.4 Å². The number of nitrogens with one attached hydrogen (secondary N) is 1. The molecule has 3 rings (SSSR count). The molecule has 1 amide bonds. The zero-order valence-corrected chi connectivity index (χ0v) is 14.6. The number of nitriles is 1. The highest BCUT2D eigenvalue weighted by Crippen LogP contribution is 2.27. The number of benzene rings is 2. The van der Waals surface area contributed by atoms with Gasteiger partial charge in [0, 0.05) is 11.1 Å². The monoisotopic (exact) mass is 342 g/mol. The summed E-state index contributed by atoms with van der Waals surface area (Å²) < 4.78 is 5.56. The van der Waals surface area contributed by atoms with Crippen LogP contribution in [-0.4, -0.2) is 5.91 Å². The van der Waals surface area contributed by atoms with Crippen LogP contribution in [0.4, 0.5) is 5.88 Å². The summed E-state index contributed by atoms with van der Waals surface area (Å²) in [6.45, 7) is 3.56. The van der Waals surface area contributed by atoms with E-state index in [9.17, 15) is 10.1 Å². The zero-order valence-electron chi connectivity index (χ0n) is 14.6. The van der Waals surface area contributed by atoms with Gasteiger partial charge in [-0.1, -0.05) is 60.7 Å². The van der Waals surface area contributed by atoms with Gasteiger partial charge in [-0.15, -0.1) is 0 Å². The predicted molar refractivity (Wildman–Crippen MR) is 102 cm³/mol. The number of amides is 1. The number of aryl methyl sites for hydroxylation is 1. The Morgan fingerprint density at radius 2 is 1.65 bits per heavy atom. The van der Waals surface area contributed by atoms with E-state index in [1.54, 1.807) is 13.8 Å². The Labute approximate surface area is 152 Å². The zero-order chi connectivity index (χ0) is 18.5. The summed E-state index contributed by atoms with van der Waals surface area (Å²) in [6.07, 6.45) is 1.82. The minimum atomic E-state index is -0.328. The number of hydrogen-bond acceptors (Lipinski definition) is 3. The lowest BCUT2D eigenvalue weighted by Gasteiger charge is -2.08. The van der Waals surface area contributed by atoms with Gasteiger partial charge in [-0.25, -0.2) is 0 Å². The first-order valence-electron chi connectivity index (χ1n) is 8.23. The SMILES string of the molecule is Cc1oc(NC(=O)/C(=C\c2ccccc2)c2ccccc2)c(C#N)c1C. The highest BCUT2D eigenvalue weighted by atomic mass is 16.4. The second kappa shape index (κ2) is 7.54. The Kier molecular flexibility index (Phi) is 5.00. The maximum Gasteiger partial charge on any atom is 0.258 e. The Balaban J connectivity index is 2.00. The van der Waals surface area contributed by atoms with Crippen LogP contribution in [-0.2, 0) is 4.79 Å². The molecule has 4 heteroatoms. The molecule has 1 aromatic heterocycles. The van der Waals surface area contributed by atoms with Crippen LogP contribution >= 0.6 is 0 Å². The molecule has 0 spiro atoms. The molecule has 1 N–H and O–H groups in total. The third-order valence-electron chi connectivity index (χ3n) is 4.16. The highest BCUT2D eigenvalue weighted by Gasteiger charge is 2.19. The van der Waals surface area contributed by atoms with Gasteiger partial charge in [-0.3, -0.25) is 10.1 Å². The van der Waals surface area contributed by atoms with E-state index in [-0.39, 0.29) is 11.8 Å². The molecule has 2 aromatic carbocycles. The lowest BCUT2D eigenvalue weighted by molar-refractivity contribution is -0.111. The first-order valence-corrected chi connectivity index (χ1v) is 8.23. The van der Waals surface area contributed by atoms with E-state index in [0.29, 0.717) is 16.9 Å². The van der Waals surface area contributed by atoms with Gasteiger partial charge in [0.15, 0.2) is 0 Å². The molecule has 4 nitrogen and oxygen atoms in total. The normalized spacial score (nSPS) is 11.0. The maximum absolute atomic E-state index is 13.0. The number of furan rings is 1. The van der Waals surface area contributed by atoms with E-state index in [4.69, 9.17) is 4.42 Å². The van der Waals surface area contributed by atoms with Crippen LogP contribution in [0.15, 0.2) is 65.1 Å². The van der Waals surface area contributed by atoms with E-state index in [1.165, 1.54) is 0 Å². The Bertz CT molecular complexity index is 994. The summed E-state index contributed by atoms with van der Waals surface area (Å²) >= 11 is 0. The van der Waals surface area contributed by atoms with Crippen LogP contribution < -0.4 is 5.32 Å². The second-order valence-electron chi connectivity index (χ2n) is 5.89. The van der Waals surface area contributed by atoms with Crippen molar-refractivity contribution >= 4 is 23.4 Å². The minimum Gasteiger partial charge on any atom is -0.444 e. The number of anilines is 1. The molecule has 0 unspecified atom stereocenters. The quantitative estimate of drug-likeness (QED) is 0.539. The summed E-state index contributed by atoms with van der Waals surface area (Å²) in [5.74, 6) is 0.470. The molecule has 0 aliphatic heterocycles. The van der Waals surface area contributed by atoms with Crippen LogP contribution in [0.3, 0.4) is 0 Å². The summed E-state index contributed by atoms with van der Waals surface area (Å²) in [4.78, 5) is 13.0. The smallest absolute Gasteiger partial charge is 0.258 e. The van der Waals surface area contributed by atoms with Crippen molar-refractivity contribution < 1.29 is 9.21 Å². The van der Waals surface area contributed by atoms with Gasteiger partial charge in [0.05, 0.1) is 0 Å². The molecule has 0 aliphatic rings. The number of carbonyl (C=O) groups is 1. The second-order valence-corrected chi connectivity index (χ2v) is 5.89. The molecule has 0 atom stereocenters. The van der Waals surface area contributed by atoms with Gasteiger partial charge >= 0.3 is 0 Å². The molecule has 0 fully saturated rings. The van der Waals surface area contributed by atoms with Gasteiger partial charge < -0.3 is 4.42 Å². The summed E-state index contributed by atoms with van der Waals surface area (Å²) in [5.41, 5.74) is 3.27. The van der Waals surface area contributed by atoms with E-state index in [1.807, 2.05) is 66.7 Å². The molecule has 0 bridgehead atoms. The fourth-order valence-corrected chi connectivity index (χ4v) is 2.63. The van der Waals surface area contributed by atoms with Crippen molar-refractivity contribution in [1.29, 1.82) is 5.26 Å². The molecular formula is C22H18N2O2. The van der Waals surface area contributed by atoms with E-state index in [0.717, 1.165) is 16.7 Å². The largest absolute Gasteiger partial charge is 0.444 e. The molecule has 26 heavy (non-hydrogen) atoms. The number of nitrogens with zero attached hydrogens (tertiary/aromatic N) is 1. The molecular weight excluding hydrogens is 324 g/mol. The summed E-state index contributed by atoms with van der Waals surface area (Å²) in [5, 5.41) is 12.1. The van der Waals surface area contributed by atoms with Crippen LogP contribution in [0.25, 0.3) is 11.6 Å². The minimum absolute atomic E-state index is 0.183. The van der Waals surface area contributed by atoms with Crippen LogP contribution in [0.2, 0.25) is 0 Å². The van der Waals surface area contributed by atoms with Crippen molar-refractivity contribution in [2.75, 3.05) is 5.32 Å². The van der Waals surface area contributed by atoms with Crippen molar-refractivity contribution in [2.24, 2.45) is 0 Å². The molecule has 3 aromatic rings. The first kappa shape index (κ1) is 17.2. The molecule has 0 saturated carbocycles. The molecule has 0 saturated heterocycles. The van der Waals surface area contributed by atoms with Crippen molar-refractivity contribution in [2.45, 2.75) is 13.8 Å². The average Bonchev–Trinajstić information content (AvgIpc) is 2.94. The number of hydrogen-bond donors (Lipinski definition) is 1. The Morgan fingerprint density at radius 3 is 2.27 bits per heavy atom. The van der Waals surface area contributed by atoms with Gasteiger partial charge in [0.1, 0.15) is 17.4 Å². The Hall–Kier alpha value is -3.58. The van der Waals surface area contributed by atoms with Gasteiger partial charge in [0.2, 0.25) is 5.88 Å². The standard InChI is InChI=1S/C22H18N2O2/c1-15-16(2)26-22(20(15)14-23)24-21(25)19(18-11-7-4-8-12-18)13-17-9-5-3-6-10-17/h3-13H,1-2H3,(H,24,25)/b19-13-. The van der Waals surface area contributed by atoms with Crippen LogP contribution in [0, 0.1) is 25.2 Å². The maximum atomic E-state index is 13.0. The van der Waals surface area contributed by atoms with Gasteiger partial charge in [-0.05, 0) is 31.1 Å². The molecule has 0 radical (unpaired) electrons. The summed E-state index contributed by atoms with van der Waals surface area (Å²) in [6, 6.07) is 21.1. The fourth-order valence-electron chi connectivity index (χ4n) is 2.63. The van der Waals surface area contributed by atoms with Gasteiger partial charge in [-0.2, -0.15) is 5.26 Å². The Morgan fingerprint density at radius 1 is 1.04 bits per heavy atom. The van der Waals surface area contributed by atoms with Gasteiger partial charge in [0.25, 0.3) is 5.91 Å². The third kappa shape index (κ3) is 3.57. The topological polar surface area (TPSA) is 66.0 Å². The van der Waals surface area contributed by atoms with Crippen molar-refractivity contribution in [3.8, 4) is 6.07 Å². The lowest BCUT2D eigenvalue weighted by Crippen LogP contribution is -2.14. The van der Waals surface area contributed by atoms with Crippen molar-refractivity contribution in [3.63, 3.8) is 0 Å². The third-order valence-corrected chi connectivity index (χ3v) is 4.16. The van der Waals surface area contributed by atoms with E-state index < -0.39 is 0 Å². The average molecular weight is 342 g/mol. The first-order chi connectivity index (χ1) is 12.6. The number of carbonyl (C=O) groups excluding carboxylic acids is 1. The predicted octanol–water partition coefficient (Wildman–Crippen LogP) is 4.95. The summed E-state index contributed by atoms with van der Waals surface area (Å²) in [7, 11) is 0. The van der Waals surface area contributed by atoms with E-state index >= 15 is 0 Å².